The number of benzene rings is 2. The van der Waals surface area contributed by atoms with Crippen molar-refractivity contribution in [3.63, 3.8) is 0 Å². The third-order valence-corrected chi connectivity index (χ3v) is 6.73. The van der Waals surface area contributed by atoms with E-state index in [1.165, 1.54) is 11.8 Å². The SMILES string of the molecule is C=CCC1CC(c2cccc(Cl)c2)C(c2ccc(Cl)cc2)N([C@@H](CC)C(O)C(F)(F)F)C1=O. The molecule has 8 heteroatoms. The van der Waals surface area contributed by atoms with E-state index in [1.54, 1.807) is 48.5 Å². The number of piperidine rings is 1. The van der Waals surface area contributed by atoms with Gasteiger partial charge < -0.3 is 10.0 Å². The van der Waals surface area contributed by atoms with Crippen molar-refractivity contribution in [2.75, 3.05) is 0 Å². The van der Waals surface area contributed by atoms with Gasteiger partial charge in [-0.25, -0.2) is 0 Å². The van der Waals surface area contributed by atoms with Crippen LogP contribution in [-0.2, 0) is 4.79 Å². The number of carbonyl (C=O) groups excluding carboxylic acids is 1. The highest BCUT2D eigenvalue weighted by Gasteiger charge is 2.52. The number of likely N-dealkylation sites (tertiary alicyclic amines) is 1. The molecule has 1 saturated heterocycles. The number of rotatable bonds is 7. The first-order valence-corrected chi connectivity index (χ1v) is 11.5. The number of hydrogen-bond donors (Lipinski definition) is 1. The Bertz CT molecular complexity index is 980. The first kappa shape index (κ1) is 25.6. The molecular formula is C25H26Cl2F3NO2. The number of carbonyl (C=O) groups is 1. The summed E-state index contributed by atoms with van der Waals surface area (Å²) in [5.74, 6) is -1.34. The fraction of sp³-hybridized carbons (Fsp3) is 0.400. The predicted octanol–water partition coefficient (Wildman–Crippen LogP) is 6.94. The topological polar surface area (TPSA) is 40.5 Å². The van der Waals surface area contributed by atoms with Gasteiger partial charge in [0.25, 0.3) is 0 Å². The highest BCUT2D eigenvalue weighted by molar-refractivity contribution is 6.30. The van der Waals surface area contributed by atoms with E-state index in [0.717, 1.165) is 5.56 Å². The molecular weight excluding hydrogens is 474 g/mol. The zero-order valence-corrected chi connectivity index (χ0v) is 19.6. The Kier molecular flexibility index (Phi) is 8.14. The summed E-state index contributed by atoms with van der Waals surface area (Å²) in [6.07, 6.45) is -5.29. The minimum Gasteiger partial charge on any atom is -0.382 e. The highest BCUT2D eigenvalue weighted by Crippen LogP contribution is 2.48. The monoisotopic (exact) mass is 499 g/mol. The average Bonchev–Trinajstić information content (AvgIpc) is 2.76. The van der Waals surface area contributed by atoms with Crippen LogP contribution < -0.4 is 0 Å². The summed E-state index contributed by atoms with van der Waals surface area (Å²) >= 11 is 12.3. The summed E-state index contributed by atoms with van der Waals surface area (Å²) in [5, 5.41) is 11.2. The fourth-order valence-corrected chi connectivity index (χ4v) is 5.07. The van der Waals surface area contributed by atoms with Crippen molar-refractivity contribution < 1.29 is 23.1 Å². The lowest BCUT2D eigenvalue weighted by atomic mass is 9.74. The normalized spacial score (nSPS) is 23.3. The summed E-state index contributed by atoms with van der Waals surface area (Å²) in [7, 11) is 0. The van der Waals surface area contributed by atoms with E-state index >= 15 is 0 Å². The number of alkyl halides is 3. The van der Waals surface area contributed by atoms with E-state index in [4.69, 9.17) is 23.2 Å². The van der Waals surface area contributed by atoms with Gasteiger partial charge in [-0.05, 0) is 54.7 Å². The molecule has 33 heavy (non-hydrogen) atoms. The molecule has 0 aliphatic carbocycles. The van der Waals surface area contributed by atoms with Crippen LogP contribution in [-0.4, -0.2) is 34.2 Å². The number of halogens is 5. The van der Waals surface area contributed by atoms with Crippen LogP contribution in [0.3, 0.4) is 0 Å². The molecule has 0 bridgehead atoms. The van der Waals surface area contributed by atoms with Gasteiger partial charge in [-0.15, -0.1) is 6.58 Å². The molecule has 178 valence electrons. The maximum atomic E-state index is 13.6. The largest absolute Gasteiger partial charge is 0.416 e. The van der Waals surface area contributed by atoms with Crippen LogP contribution in [0, 0.1) is 5.92 Å². The molecule has 1 heterocycles. The van der Waals surface area contributed by atoms with Gasteiger partial charge in [0.15, 0.2) is 6.10 Å². The molecule has 5 atom stereocenters. The first-order chi connectivity index (χ1) is 15.6. The van der Waals surface area contributed by atoms with Crippen molar-refractivity contribution in [3.8, 4) is 0 Å². The van der Waals surface area contributed by atoms with E-state index in [1.807, 2.05) is 6.07 Å². The highest BCUT2D eigenvalue weighted by atomic mass is 35.5. The third kappa shape index (κ3) is 5.56. The van der Waals surface area contributed by atoms with Crippen LogP contribution >= 0.6 is 23.2 Å². The van der Waals surface area contributed by atoms with Gasteiger partial charge in [-0.3, -0.25) is 4.79 Å². The predicted molar refractivity (Wildman–Crippen MR) is 124 cm³/mol. The molecule has 0 aromatic heterocycles. The van der Waals surface area contributed by atoms with Crippen LogP contribution in [0.2, 0.25) is 10.0 Å². The van der Waals surface area contributed by atoms with E-state index in [-0.39, 0.29) is 12.3 Å². The van der Waals surface area contributed by atoms with E-state index in [2.05, 4.69) is 6.58 Å². The van der Waals surface area contributed by atoms with E-state index < -0.39 is 36.2 Å². The van der Waals surface area contributed by atoms with Gasteiger partial charge in [0, 0.05) is 21.9 Å². The Morgan fingerprint density at radius 1 is 1.15 bits per heavy atom. The lowest BCUT2D eigenvalue weighted by molar-refractivity contribution is -0.226. The molecule has 4 unspecified atom stereocenters. The van der Waals surface area contributed by atoms with Gasteiger partial charge >= 0.3 is 6.18 Å². The van der Waals surface area contributed by atoms with Crippen LogP contribution in [0.4, 0.5) is 13.2 Å². The molecule has 0 saturated carbocycles. The van der Waals surface area contributed by atoms with Crippen molar-refractivity contribution >= 4 is 29.1 Å². The first-order valence-electron chi connectivity index (χ1n) is 10.8. The van der Waals surface area contributed by atoms with Crippen molar-refractivity contribution in [1.29, 1.82) is 0 Å². The smallest absolute Gasteiger partial charge is 0.382 e. The summed E-state index contributed by atoms with van der Waals surface area (Å²) < 4.78 is 40.9. The van der Waals surface area contributed by atoms with Crippen molar-refractivity contribution in [2.24, 2.45) is 5.92 Å². The fourth-order valence-electron chi connectivity index (χ4n) is 4.74. The molecule has 3 nitrogen and oxygen atoms in total. The number of hydrogen-bond acceptors (Lipinski definition) is 2. The molecule has 1 N–H and O–H groups in total. The minimum atomic E-state index is -4.87. The van der Waals surface area contributed by atoms with Gasteiger partial charge in [0.2, 0.25) is 5.91 Å². The second kappa shape index (κ2) is 10.5. The zero-order chi connectivity index (χ0) is 24.3. The van der Waals surface area contributed by atoms with Gasteiger partial charge in [-0.2, -0.15) is 13.2 Å². The van der Waals surface area contributed by atoms with Crippen LogP contribution in [0.15, 0.2) is 61.2 Å². The second-order valence-electron chi connectivity index (χ2n) is 8.32. The molecule has 1 fully saturated rings. The van der Waals surface area contributed by atoms with Crippen LogP contribution in [0.25, 0.3) is 0 Å². The molecule has 1 aliphatic heterocycles. The Balaban J connectivity index is 2.22. The number of nitrogens with zero attached hydrogens (tertiary/aromatic N) is 1. The standard InChI is InChI=1S/C25H26Cl2F3NO2/c1-3-6-17-14-20(16-7-5-8-19(27)13-16)22(15-9-11-18(26)12-10-15)31(24(17)33)21(4-2)23(32)25(28,29)30/h3,5,7-13,17,20-23,32H,1,4,6,14H2,2H3/t17?,20?,21-,22?,23?/m0/s1. The van der Waals surface area contributed by atoms with Crippen LogP contribution in [0.5, 0.6) is 0 Å². The quantitative estimate of drug-likeness (QED) is 0.419. The number of aliphatic hydroxyl groups excluding tert-OH is 1. The molecule has 0 spiro atoms. The Hall–Kier alpha value is -2.02. The summed E-state index contributed by atoms with van der Waals surface area (Å²) in [6.45, 7) is 5.26. The molecule has 3 rings (SSSR count). The summed E-state index contributed by atoms with van der Waals surface area (Å²) in [6, 6.07) is 11.7. The summed E-state index contributed by atoms with van der Waals surface area (Å²) in [4.78, 5) is 14.8. The number of allylic oxidation sites excluding steroid dienone is 1. The molecule has 1 amide bonds. The Labute approximate surface area is 201 Å². The van der Waals surface area contributed by atoms with Crippen molar-refractivity contribution in [3.05, 3.63) is 82.4 Å². The van der Waals surface area contributed by atoms with E-state index in [9.17, 15) is 23.1 Å². The lowest BCUT2D eigenvalue weighted by Crippen LogP contribution is -2.57. The molecule has 2 aromatic carbocycles. The van der Waals surface area contributed by atoms with Gasteiger partial charge in [-0.1, -0.05) is 60.5 Å². The number of amides is 1. The lowest BCUT2D eigenvalue weighted by Gasteiger charge is -2.49. The molecule has 2 aromatic rings. The van der Waals surface area contributed by atoms with Gasteiger partial charge in [0.05, 0.1) is 12.1 Å². The Morgan fingerprint density at radius 3 is 2.36 bits per heavy atom. The zero-order valence-electron chi connectivity index (χ0n) is 18.1. The van der Waals surface area contributed by atoms with E-state index in [0.29, 0.717) is 28.5 Å². The second-order valence-corrected chi connectivity index (χ2v) is 9.20. The maximum Gasteiger partial charge on any atom is 0.416 e. The van der Waals surface area contributed by atoms with Gasteiger partial charge in [0.1, 0.15) is 0 Å². The summed E-state index contributed by atoms with van der Waals surface area (Å²) in [5.41, 5.74) is 1.45. The third-order valence-electron chi connectivity index (χ3n) is 6.24. The Morgan fingerprint density at radius 2 is 1.82 bits per heavy atom. The maximum absolute atomic E-state index is 13.6. The minimum absolute atomic E-state index is 0.0699. The average molecular weight is 500 g/mol. The molecule has 0 radical (unpaired) electrons. The number of aliphatic hydroxyl groups is 1. The molecule has 1 aliphatic rings. The van der Waals surface area contributed by atoms with Crippen LogP contribution in [0.1, 0.15) is 49.3 Å². The van der Waals surface area contributed by atoms with Crippen molar-refractivity contribution in [1.82, 2.24) is 4.90 Å². The van der Waals surface area contributed by atoms with Crippen molar-refractivity contribution in [2.45, 2.75) is 56.5 Å².